The second-order valence-corrected chi connectivity index (χ2v) is 7.77. The van der Waals surface area contributed by atoms with Gasteiger partial charge in [0.2, 0.25) is 6.79 Å². The lowest BCUT2D eigenvalue weighted by atomic mass is 10.1. The lowest BCUT2D eigenvalue weighted by molar-refractivity contribution is -0.129. The summed E-state index contributed by atoms with van der Waals surface area (Å²) in [6.45, 7) is 3.73. The molecule has 2 aliphatic rings. The van der Waals surface area contributed by atoms with Crippen molar-refractivity contribution in [2.45, 2.75) is 45.3 Å². The highest BCUT2D eigenvalue weighted by Gasteiger charge is 2.30. The van der Waals surface area contributed by atoms with Crippen LogP contribution in [0.1, 0.15) is 53.0 Å². The van der Waals surface area contributed by atoms with Gasteiger partial charge in [-0.1, -0.05) is 11.2 Å². The fourth-order valence-corrected chi connectivity index (χ4v) is 3.52. The first-order chi connectivity index (χ1) is 15.0. The summed E-state index contributed by atoms with van der Waals surface area (Å²) in [6, 6.07) is 7.16. The molecule has 1 fully saturated rings. The van der Waals surface area contributed by atoms with E-state index >= 15 is 0 Å². The van der Waals surface area contributed by atoms with E-state index in [1.165, 1.54) is 6.92 Å². The Bertz CT molecular complexity index is 1180. The van der Waals surface area contributed by atoms with Gasteiger partial charge in [-0.2, -0.15) is 0 Å². The molecule has 0 spiro atoms. The zero-order chi connectivity index (χ0) is 21.5. The van der Waals surface area contributed by atoms with Crippen molar-refractivity contribution < 1.29 is 28.3 Å². The van der Waals surface area contributed by atoms with E-state index < -0.39 is 18.0 Å². The Labute approximate surface area is 177 Å². The van der Waals surface area contributed by atoms with Crippen molar-refractivity contribution >= 4 is 23.0 Å². The van der Waals surface area contributed by atoms with E-state index in [1.54, 1.807) is 25.1 Å². The van der Waals surface area contributed by atoms with Crippen LogP contribution in [-0.2, 0) is 16.1 Å². The Hall–Kier alpha value is -3.62. The Kier molecular flexibility index (Phi) is 4.72. The maximum Gasteiger partial charge on any atom is 0.339 e. The number of aryl methyl sites for hydroxylation is 1. The van der Waals surface area contributed by atoms with Gasteiger partial charge in [0.15, 0.2) is 17.6 Å². The molecule has 2 aromatic heterocycles. The minimum atomic E-state index is -0.978. The molecule has 1 N–H and O–H groups in total. The zero-order valence-corrected chi connectivity index (χ0v) is 17.1. The lowest BCUT2D eigenvalue weighted by Gasteiger charge is -2.14. The Morgan fingerprint density at radius 3 is 2.84 bits per heavy atom. The van der Waals surface area contributed by atoms with E-state index in [1.807, 2.05) is 6.07 Å². The van der Waals surface area contributed by atoms with Gasteiger partial charge < -0.3 is 24.1 Å². The topological polar surface area (TPSA) is 113 Å². The normalized spacial score (nSPS) is 15.7. The maximum absolute atomic E-state index is 12.9. The van der Waals surface area contributed by atoms with Gasteiger partial charge in [-0.25, -0.2) is 9.78 Å². The maximum atomic E-state index is 12.9. The van der Waals surface area contributed by atoms with Crippen LogP contribution in [0.15, 0.2) is 28.8 Å². The number of fused-ring (bicyclic) bond motifs is 2. The van der Waals surface area contributed by atoms with Crippen LogP contribution in [0.2, 0.25) is 0 Å². The number of nitrogens with one attached hydrogen (secondary N) is 1. The summed E-state index contributed by atoms with van der Waals surface area (Å²) in [5.41, 5.74) is 2.82. The number of nitrogens with zero attached hydrogens (tertiary/aromatic N) is 2. The summed E-state index contributed by atoms with van der Waals surface area (Å²) in [4.78, 5) is 29.9. The summed E-state index contributed by atoms with van der Waals surface area (Å²) in [6.07, 6.45) is 1.08. The molecule has 1 aromatic carbocycles. The number of aromatic nitrogens is 2. The van der Waals surface area contributed by atoms with Gasteiger partial charge >= 0.3 is 5.97 Å². The molecule has 1 saturated carbocycles. The highest BCUT2D eigenvalue weighted by atomic mass is 16.7. The third kappa shape index (κ3) is 3.78. The van der Waals surface area contributed by atoms with Crippen LogP contribution in [0.5, 0.6) is 11.5 Å². The highest BCUT2D eigenvalue weighted by Crippen LogP contribution is 2.40. The van der Waals surface area contributed by atoms with Crippen LogP contribution in [0.3, 0.4) is 0 Å². The molecule has 31 heavy (non-hydrogen) atoms. The van der Waals surface area contributed by atoms with E-state index in [4.69, 9.17) is 18.7 Å². The van der Waals surface area contributed by atoms with Crippen molar-refractivity contribution in [3.8, 4) is 11.5 Å². The van der Waals surface area contributed by atoms with E-state index in [9.17, 15) is 9.59 Å². The van der Waals surface area contributed by atoms with Gasteiger partial charge in [0.25, 0.3) is 11.6 Å². The van der Waals surface area contributed by atoms with Crippen molar-refractivity contribution in [3.05, 3.63) is 46.8 Å². The molecule has 1 atom stereocenters. The number of hydrogen-bond donors (Lipinski definition) is 1. The van der Waals surface area contributed by atoms with Crippen LogP contribution in [0.25, 0.3) is 11.1 Å². The number of amides is 1. The summed E-state index contributed by atoms with van der Waals surface area (Å²) < 4.78 is 21.3. The monoisotopic (exact) mass is 423 g/mol. The predicted molar refractivity (Wildman–Crippen MR) is 108 cm³/mol. The SMILES string of the molecule is Cc1noc2nc(C3CC3)cc(C(=O)O[C@H](C)C(=O)NCc3ccc4c(c3)OCO4)c12. The van der Waals surface area contributed by atoms with E-state index in [-0.39, 0.29) is 13.3 Å². The van der Waals surface area contributed by atoms with Crippen molar-refractivity contribution in [2.24, 2.45) is 0 Å². The van der Waals surface area contributed by atoms with Crippen molar-refractivity contribution in [1.82, 2.24) is 15.5 Å². The van der Waals surface area contributed by atoms with Crippen LogP contribution < -0.4 is 14.8 Å². The second kappa shape index (κ2) is 7.57. The van der Waals surface area contributed by atoms with Gasteiger partial charge in [0.1, 0.15) is 0 Å². The standard InChI is InChI=1S/C22H21N3O6/c1-11-19-15(8-16(14-4-5-14)24-21(19)31-25-11)22(27)30-12(2)20(26)23-9-13-3-6-17-18(7-13)29-10-28-17/h3,6-8,12,14H,4-5,9-10H2,1-2H3,(H,23,26)/t12-/m1/s1. The molecule has 0 saturated heterocycles. The largest absolute Gasteiger partial charge is 0.454 e. The number of rotatable bonds is 6. The average Bonchev–Trinajstić information content (AvgIpc) is 3.41. The molecule has 9 nitrogen and oxygen atoms in total. The number of ether oxygens (including phenoxy) is 3. The van der Waals surface area contributed by atoms with Crippen LogP contribution in [0.4, 0.5) is 0 Å². The number of hydrogen-bond acceptors (Lipinski definition) is 8. The van der Waals surface area contributed by atoms with Gasteiger partial charge in [0, 0.05) is 18.2 Å². The Morgan fingerprint density at radius 1 is 1.23 bits per heavy atom. The first-order valence-corrected chi connectivity index (χ1v) is 10.1. The fourth-order valence-electron chi connectivity index (χ4n) is 3.52. The third-order valence-electron chi connectivity index (χ3n) is 5.41. The molecular weight excluding hydrogens is 402 g/mol. The molecular formula is C22H21N3O6. The van der Waals surface area contributed by atoms with E-state index in [2.05, 4.69) is 15.5 Å². The Balaban J connectivity index is 1.27. The minimum absolute atomic E-state index is 0.189. The summed E-state index contributed by atoms with van der Waals surface area (Å²) in [5, 5.41) is 7.21. The lowest BCUT2D eigenvalue weighted by Crippen LogP contribution is -2.35. The quantitative estimate of drug-likeness (QED) is 0.602. The number of pyridine rings is 1. The van der Waals surface area contributed by atoms with Gasteiger partial charge in [0.05, 0.1) is 16.6 Å². The first kappa shape index (κ1) is 19.3. The molecule has 1 amide bonds. The van der Waals surface area contributed by atoms with Crippen LogP contribution in [-0.4, -0.2) is 34.9 Å². The van der Waals surface area contributed by atoms with Crippen LogP contribution in [0, 0.1) is 6.92 Å². The molecule has 9 heteroatoms. The van der Waals surface area contributed by atoms with Gasteiger partial charge in [-0.15, -0.1) is 0 Å². The summed E-state index contributed by atoms with van der Waals surface area (Å²) in [5.74, 6) is 0.634. The Morgan fingerprint density at radius 2 is 2.03 bits per heavy atom. The highest BCUT2D eigenvalue weighted by molar-refractivity contribution is 6.04. The fraction of sp³-hybridized carbons (Fsp3) is 0.364. The third-order valence-corrected chi connectivity index (χ3v) is 5.41. The predicted octanol–water partition coefficient (Wildman–Crippen LogP) is 3.00. The molecule has 5 rings (SSSR count). The number of esters is 1. The average molecular weight is 423 g/mol. The molecule has 3 aromatic rings. The van der Waals surface area contributed by atoms with Crippen molar-refractivity contribution in [3.63, 3.8) is 0 Å². The zero-order valence-electron chi connectivity index (χ0n) is 17.1. The van der Waals surface area contributed by atoms with Crippen molar-refractivity contribution in [1.29, 1.82) is 0 Å². The molecule has 0 unspecified atom stereocenters. The van der Waals surface area contributed by atoms with E-state index in [0.717, 1.165) is 24.1 Å². The summed E-state index contributed by atoms with van der Waals surface area (Å²) >= 11 is 0. The number of benzene rings is 1. The molecule has 3 heterocycles. The van der Waals surface area contributed by atoms with Crippen molar-refractivity contribution in [2.75, 3.05) is 6.79 Å². The van der Waals surface area contributed by atoms with Crippen LogP contribution >= 0.6 is 0 Å². The minimum Gasteiger partial charge on any atom is -0.454 e. The smallest absolute Gasteiger partial charge is 0.339 e. The second-order valence-electron chi connectivity index (χ2n) is 7.77. The molecule has 1 aliphatic carbocycles. The number of carbonyl (C=O) groups excluding carboxylic acids is 2. The molecule has 0 radical (unpaired) electrons. The summed E-state index contributed by atoms with van der Waals surface area (Å²) in [7, 11) is 0. The first-order valence-electron chi connectivity index (χ1n) is 10.1. The molecule has 0 bridgehead atoms. The number of carbonyl (C=O) groups is 2. The van der Waals surface area contributed by atoms with E-state index in [0.29, 0.717) is 39.8 Å². The van der Waals surface area contributed by atoms with Gasteiger partial charge in [-0.05, 0) is 50.5 Å². The van der Waals surface area contributed by atoms with Gasteiger partial charge in [-0.3, -0.25) is 4.79 Å². The molecule has 1 aliphatic heterocycles. The molecule has 160 valence electrons.